The molecule has 0 aliphatic heterocycles. The lowest BCUT2D eigenvalue weighted by Gasteiger charge is -2.08. The second-order valence-corrected chi connectivity index (χ2v) is 6.42. The van der Waals surface area contributed by atoms with Gasteiger partial charge in [0.05, 0.1) is 17.3 Å². The smallest absolute Gasteiger partial charge is 0.282 e. The van der Waals surface area contributed by atoms with E-state index in [1.54, 1.807) is 37.5 Å². The average molecular weight is 384 g/mol. The van der Waals surface area contributed by atoms with Crippen LogP contribution >= 0.6 is 11.6 Å². The summed E-state index contributed by atoms with van der Waals surface area (Å²) in [6.07, 6.45) is 0.377. The number of rotatable bonds is 3. The topological polar surface area (TPSA) is 70.3 Å². The molecule has 0 saturated carbocycles. The van der Waals surface area contributed by atoms with Gasteiger partial charge in [-0.15, -0.1) is 0 Å². The van der Waals surface area contributed by atoms with E-state index < -0.39 is 6.43 Å². The summed E-state index contributed by atoms with van der Waals surface area (Å²) in [5.41, 5.74) is 2.37. The fraction of sp³-hybridized carbons (Fsp3) is 0.105. The maximum absolute atomic E-state index is 13.5. The molecule has 0 saturated heterocycles. The van der Waals surface area contributed by atoms with Crippen LogP contribution in [0.4, 0.5) is 8.78 Å². The predicted octanol–water partition coefficient (Wildman–Crippen LogP) is 5.09. The standard InChI is InChI=1S/C19H12ClF2N5/c1-27-9-14(17(26-27)18(21)22)16-15(12-3-2-6-24-19(12)25-16)13-7-11(20)5-4-10(13)8-23/h2-7,9,18H,1H3,(H,24,25). The number of aryl methyl sites for hydroxylation is 1. The summed E-state index contributed by atoms with van der Waals surface area (Å²) >= 11 is 6.15. The van der Waals surface area contributed by atoms with Crippen LogP contribution in [0.2, 0.25) is 5.02 Å². The minimum absolute atomic E-state index is 0.254. The van der Waals surface area contributed by atoms with Crippen molar-refractivity contribution in [2.75, 3.05) is 0 Å². The van der Waals surface area contributed by atoms with Gasteiger partial charge in [0.2, 0.25) is 0 Å². The van der Waals surface area contributed by atoms with Crippen molar-refractivity contribution in [2.45, 2.75) is 6.43 Å². The third-order valence-electron chi connectivity index (χ3n) is 4.28. The first-order valence-corrected chi connectivity index (χ1v) is 8.36. The molecule has 134 valence electrons. The van der Waals surface area contributed by atoms with Crippen molar-refractivity contribution in [1.29, 1.82) is 5.26 Å². The van der Waals surface area contributed by atoms with E-state index >= 15 is 0 Å². The Bertz CT molecular complexity index is 1200. The Labute approximate surface area is 157 Å². The van der Waals surface area contributed by atoms with Gasteiger partial charge in [0, 0.05) is 46.5 Å². The zero-order valence-corrected chi connectivity index (χ0v) is 14.8. The molecule has 3 aromatic heterocycles. The monoisotopic (exact) mass is 383 g/mol. The number of halogens is 3. The molecule has 0 fully saturated rings. The van der Waals surface area contributed by atoms with Gasteiger partial charge in [0.1, 0.15) is 11.3 Å². The van der Waals surface area contributed by atoms with Crippen LogP contribution in [-0.4, -0.2) is 19.7 Å². The highest BCUT2D eigenvalue weighted by Gasteiger charge is 2.25. The van der Waals surface area contributed by atoms with Crippen molar-refractivity contribution in [3.05, 3.63) is 59.0 Å². The summed E-state index contributed by atoms with van der Waals surface area (Å²) in [6.45, 7) is 0. The molecule has 0 amide bonds. The lowest BCUT2D eigenvalue weighted by molar-refractivity contribution is 0.146. The first-order chi connectivity index (χ1) is 13.0. The van der Waals surface area contributed by atoms with Gasteiger partial charge in [-0.3, -0.25) is 4.68 Å². The molecular weight excluding hydrogens is 372 g/mol. The number of fused-ring (bicyclic) bond motifs is 1. The van der Waals surface area contributed by atoms with Crippen LogP contribution in [0.15, 0.2) is 42.7 Å². The van der Waals surface area contributed by atoms with E-state index in [0.29, 0.717) is 38.4 Å². The van der Waals surface area contributed by atoms with Gasteiger partial charge in [-0.1, -0.05) is 11.6 Å². The molecule has 0 atom stereocenters. The van der Waals surface area contributed by atoms with Crippen LogP contribution < -0.4 is 0 Å². The van der Waals surface area contributed by atoms with Crippen molar-refractivity contribution >= 4 is 22.6 Å². The number of pyridine rings is 1. The zero-order valence-electron chi connectivity index (χ0n) is 14.0. The van der Waals surface area contributed by atoms with Gasteiger partial charge in [0.15, 0.2) is 0 Å². The Balaban J connectivity index is 2.12. The summed E-state index contributed by atoms with van der Waals surface area (Å²) in [5, 5.41) is 14.6. The van der Waals surface area contributed by atoms with E-state index in [1.807, 2.05) is 6.07 Å². The molecule has 0 unspecified atom stereocenters. The van der Waals surface area contributed by atoms with Crippen molar-refractivity contribution in [3.63, 3.8) is 0 Å². The Morgan fingerprint density at radius 1 is 1.26 bits per heavy atom. The molecule has 3 heterocycles. The van der Waals surface area contributed by atoms with Crippen LogP contribution in [0.3, 0.4) is 0 Å². The fourth-order valence-corrected chi connectivity index (χ4v) is 3.36. The second kappa shape index (κ2) is 6.49. The van der Waals surface area contributed by atoms with Crippen molar-refractivity contribution in [2.24, 2.45) is 7.05 Å². The highest BCUT2D eigenvalue weighted by Crippen LogP contribution is 2.42. The van der Waals surface area contributed by atoms with E-state index in [-0.39, 0.29) is 11.3 Å². The summed E-state index contributed by atoms with van der Waals surface area (Å²) in [7, 11) is 1.58. The molecule has 0 spiro atoms. The molecule has 1 N–H and O–H groups in total. The molecule has 4 aromatic rings. The number of hydrogen-bond donors (Lipinski definition) is 1. The molecule has 0 aliphatic rings. The van der Waals surface area contributed by atoms with Gasteiger partial charge >= 0.3 is 0 Å². The number of hydrogen-bond acceptors (Lipinski definition) is 3. The van der Waals surface area contributed by atoms with Crippen LogP contribution in [0.5, 0.6) is 0 Å². The van der Waals surface area contributed by atoms with Gasteiger partial charge in [0.25, 0.3) is 6.43 Å². The maximum Gasteiger partial charge on any atom is 0.282 e. The predicted molar refractivity (Wildman–Crippen MR) is 98.4 cm³/mol. The normalized spacial score (nSPS) is 11.3. The average Bonchev–Trinajstić information content (AvgIpc) is 3.22. The number of nitriles is 1. The molecule has 1 aromatic carbocycles. The zero-order chi connectivity index (χ0) is 19.1. The molecule has 5 nitrogen and oxygen atoms in total. The van der Waals surface area contributed by atoms with E-state index in [0.717, 1.165) is 0 Å². The quantitative estimate of drug-likeness (QED) is 0.535. The van der Waals surface area contributed by atoms with Gasteiger partial charge in [-0.2, -0.15) is 10.4 Å². The van der Waals surface area contributed by atoms with Crippen molar-refractivity contribution in [1.82, 2.24) is 19.7 Å². The number of aromatic amines is 1. The molecule has 0 radical (unpaired) electrons. The van der Waals surface area contributed by atoms with E-state index in [4.69, 9.17) is 11.6 Å². The summed E-state index contributed by atoms with van der Waals surface area (Å²) < 4.78 is 28.4. The number of benzene rings is 1. The summed E-state index contributed by atoms with van der Waals surface area (Å²) in [6, 6.07) is 10.6. The Hall–Kier alpha value is -3.24. The first-order valence-electron chi connectivity index (χ1n) is 7.98. The summed E-state index contributed by atoms with van der Waals surface area (Å²) in [5.74, 6) is 0. The van der Waals surface area contributed by atoms with Crippen LogP contribution in [0.1, 0.15) is 17.7 Å². The lowest BCUT2D eigenvalue weighted by Crippen LogP contribution is -1.93. The highest BCUT2D eigenvalue weighted by molar-refractivity contribution is 6.31. The number of nitrogens with one attached hydrogen (secondary N) is 1. The first kappa shape index (κ1) is 17.2. The molecule has 27 heavy (non-hydrogen) atoms. The number of alkyl halides is 2. The van der Waals surface area contributed by atoms with Crippen molar-refractivity contribution < 1.29 is 8.78 Å². The number of nitrogens with zero attached hydrogens (tertiary/aromatic N) is 4. The third kappa shape index (κ3) is 2.84. The second-order valence-electron chi connectivity index (χ2n) is 5.98. The van der Waals surface area contributed by atoms with Gasteiger partial charge in [-0.25, -0.2) is 13.8 Å². The molecular formula is C19H12ClF2N5. The molecule has 8 heteroatoms. The Kier molecular flexibility index (Phi) is 4.13. The van der Waals surface area contributed by atoms with E-state index in [1.165, 1.54) is 10.9 Å². The molecule has 0 aliphatic carbocycles. The fourth-order valence-electron chi connectivity index (χ4n) is 3.18. The number of H-pyrrole nitrogens is 1. The number of aromatic nitrogens is 4. The Morgan fingerprint density at radius 3 is 2.81 bits per heavy atom. The van der Waals surface area contributed by atoms with Crippen LogP contribution in [0, 0.1) is 11.3 Å². The molecule has 0 bridgehead atoms. The van der Waals surface area contributed by atoms with Gasteiger partial charge in [-0.05, 0) is 30.3 Å². The van der Waals surface area contributed by atoms with Gasteiger partial charge < -0.3 is 4.98 Å². The Morgan fingerprint density at radius 2 is 2.07 bits per heavy atom. The van der Waals surface area contributed by atoms with E-state index in [9.17, 15) is 14.0 Å². The van der Waals surface area contributed by atoms with Crippen molar-refractivity contribution in [3.8, 4) is 28.5 Å². The maximum atomic E-state index is 13.5. The minimum atomic E-state index is -2.75. The van der Waals surface area contributed by atoms with E-state index in [2.05, 4.69) is 21.1 Å². The molecule has 4 rings (SSSR count). The highest BCUT2D eigenvalue weighted by atomic mass is 35.5. The summed E-state index contributed by atoms with van der Waals surface area (Å²) in [4.78, 5) is 7.39. The van der Waals surface area contributed by atoms with Crippen LogP contribution in [0.25, 0.3) is 33.4 Å². The largest absolute Gasteiger partial charge is 0.339 e. The van der Waals surface area contributed by atoms with Crippen LogP contribution in [-0.2, 0) is 7.05 Å². The SMILES string of the molecule is Cn1cc(-c2[nH]c3ncccc3c2-c2cc(Cl)ccc2C#N)c(C(F)F)n1. The minimum Gasteiger partial charge on any atom is -0.339 e. The lowest BCUT2D eigenvalue weighted by atomic mass is 9.95. The third-order valence-corrected chi connectivity index (χ3v) is 4.51.